The Kier molecular flexibility index (Phi) is 4.37. The number of aryl methyl sites for hydroxylation is 1. The van der Waals surface area contributed by atoms with Crippen molar-refractivity contribution in [3.8, 4) is 5.69 Å². The Morgan fingerprint density at radius 2 is 1.80 bits per heavy atom. The molecule has 5 rings (SSSR count). The minimum absolute atomic E-state index is 0.240. The molecule has 1 amide bonds. The second kappa shape index (κ2) is 7.33. The zero-order chi connectivity index (χ0) is 20.5. The summed E-state index contributed by atoms with van der Waals surface area (Å²) in [5, 5.41) is 14.4. The molecule has 0 saturated carbocycles. The van der Waals surface area contributed by atoms with Crippen LogP contribution < -0.4 is 5.32 Å². The summed E-state index contributed by atoms with van der Waals surface area (Å²) in [6, 6.07) is 21.5. The molecule has 6 nitrogen and oxygen atoms in total. The highest BCUT2D eigenvalue weighted by Gasteiger charge is 2.11. The largest absolute Gasteiger partial charge is 0.465 e. The number of amides is 1. The second-order valence-electron chi connectivity index (χ2n) is 6.98. The summed E-state index contributed by atoms with van der Waals surface area (Å²) in [7, 11) is 0. The van der Waals surface area contributed by atoms with E-state index in [9.17, 15) is 4.79 Å². The van der Waals surface area contributed by atoms with Gasteiger partial charge in [-0.15, -0.1) is 15.0 Å². The average molecular weight is 394 g/mol. The number of hydrogen-bond donors (Lipinski definition) is 1. The number of aromatic nitrogens is 3. The van der Waals surface area contributed by atoms with Crippen LogP contribution in [-0.4, -0.2) is 20.9 Å². The Morgan fingerprint density at radius 3 is 2.63 bits per heavy atom. The van der Waals surface area contributed by atoms with Crippen molar-refractivity contribution in [1.82, 2.24) is 15.0 Å². The lowest BCUT2D eigenvalue weighted by Gasteiger charge is -2.05. The Morgan fingerprint density at radius 1 is 1.00 bits per heavy atom. The van der Waals surface area contributed by atoms with Gasteiger partial charge in [0.05, 0.1) is 12.0 Å². The van der Waals surface area contributed by atoms with Gasteiger partial charge in [-0.2, -0.15) is 0 Å². The first kappa shape index (κ1) is 17.9. The van der Waals surface area contributed by atoms with Gasteiger partial charge in [-0.05, 0) is 54.3 Å². The molecule has 0 aliphatic carbocycles. The number of fused-ring (bicyclic) bond motifs is 2. The molecule has 30 heavy (non-hydrogen) atoms. The predicted molar refractivity (Wildman–Crippen MR) is 117 cm³/mol. The Labute approximate surface area is 172 Å². The van der Waals surface area contributed by atoms with Gasteiger partial charge < -0.3 is 9.73 Å². The summed E-state index contributed by atoms with van der Waals surface area (Å²) in [5.41, 5.74) is 3.99. The van der Waals surface area contributed by atoms with Crippen LogP contribution in [0.25, 0.3) is 33.6 Å². The van der Waals surface area contributed by atoms with E-state index in [1.54, 1.807) is 29.3 Å². The van der Waals surface area contributed by atoms with E-state index in [1.807, 2.05) is 43.3 Å². The van der Waals surface area contributed by atoms with Gasteiger partial charge in [0.15, 0.2) is 0 Å². The summed E-state index contributed by atoms with van der Waals surface area (Å²) < 4.78 is 5.20. The molecule has 0 saturated heterocycles. The molecule has 5 aromatic rings. The van der Waals surface area contributed by atoms with Crippen molar-refractivity contribution >= 4 is 39.5 Å². The first-order chi connectivity index (χ1) is 14.7. The third kappa shape index (κ3) is 3.35. The van der Waals surface area contributed by atoms with E-state index in [0.717, 1.165) is 27.5 Å². The van der Waals surface area contributed by atoms with Crippen molar-refractivity contribution in [2.24, 2.45) is 0 Å². The van der Waals surface area contributed by atoms with Gasteiger partial charge >= 0.3 is 0 Å². The highest BCUT2D eigenvalue weighted by Crippen LogP contribution is 2.25. The maximum absolute atomic E-state index is 12.3. The molecule has 3 aromatic carbocycles. The number of carbonyl (C=O) groups is 1. The SMILES string of the molecule is Cc1cc2nn(-c3cccc4ccccc34)nc2cc1NC(=O)/C=C/c1ccco1. The Hall–Kier alpha value is -4.19. The molecule has 0 aliphatic heterocycles. The summed E-state index contributed by atoms with van der Waals surface area (Å²) >= 11 is 0. The van der Waals surface area contributed by atoms with Gasteiger partial charge in [-0.3, -0.25) is 4.79 Å². The molecule has 0 atom stereocenters. The fourth-order valence-electron chi connectivity index (χ4n) is 3.41. The van der Waals surface area contributed by atoms with E-state index >= 15 is 0 Å². The third-order valence-electron chi connectivity index (χ3n) is 4.91. The minimum Gasteiger partial charge on any atom is -0.465 e. The van der Waals surface area contributed by atoms with Gasteiger partial charge in [0.1, 0.15) is 16.8 Å². The number of anilines is 1. The monoisotopic (exact) mass is 394 g/mol. The third-order valence-corrected chi connectivity index (χ3v) is 4.91. The van der Waals surface area contributed by atoms with Crippen LogP contribution in [0.4, 0.5) is 5.69 Å². The van der Waals surface area contributed by atoms with E-state index in [4.69, 9.17) is 4.42 Å². The highest BCUT2D eigenvalue weighted by atomic mass is 16.3. The lowest BCUT2D eigenvalue weighted by Crippen LogP contribution is -2.08. The molecular formula is C24H18N4O2. The number of carbonyl (C=O) groups excluding carboxylic acids is 1. The number of rotatable bonds is 4. The second-order valence-corrected chi connectivity index (χ2v) is 6.98. The number of benzene rings is 3. The summed E-state index contributed by atoms with van der Waals surface area (Å²) in [6.45, 7) is 1.93. The van der Waals surface area contributed by atoms with Crippen LogP contribution in [-0.2, 0) is 4.79 Å². The first-order valence-corrected chi connectivity index (χ1v) is 9.56. The van der Waals surface area contributed by atoms with Crippen LogP contribution in [0.15, 0.2) is 83.5 Å². The molecule has 0 unspecified atom stereocenters. The van der Waals surface area contributed by atoms with Crippen LogP contribution in [0.3, 0.4) is 0 Å². The molecule has 0 radical (unpaired) electrons. The van der Waals surface area contributed by atoms with Crippen LogP contribution in [0.1, 0.15) is 11.3 Å². The van der Waals surface area contributed by atoms with Crippen molar-refractivity contribution in [2.45, 2.75) is 6.92 Å². The standard InChI is InChI=1S/C24H18N4O2/c1-16-14-21-22(15-20(16)25-24(29)12-11-18-8-5-13-30-18)27-28(26-21)23-10-4-7-17-6-2-3-9-19(17)23/h2-15H,1H3,(H,25,29)/b12-11+. The first-order valence-electron chi connectivity index (χ1n) is 9.56. The molecular weight excluding hydrogens is 376 g/mol. The molecule has 1 N–H and O–H groups in total. The van der Waals surface area contributed by atoms with Crippen molar-refractivity contribution in [3.63, 3.8) is 0 Å². The van der Waals surface area contributed by atoms with Crippen molar-refractivity contribution in [1.29, 1.82) is 0 Å². The smallest absolute Gasteiger partial charge is 0.248 e. The van der Waals surface area contributed by atoms with Gasteiger partial charge in [-0.25, -0.2) is 0 Å². The van der Waals surface area contributed by atoms with Gasteiger partial charge in [-0.1, -0.05) is 36.4 Å². The average Bonchev–Trinajstić information content (AvgIpc) is 3.42. The Bertz CT molecular complexity index is 1390. The maximum Gasteiger partial charge on any atom is 0.248 e. The van der Waals surface area contributed by atoms with Crippen LogP contribution in [0, 0.1) is 6.92 Å². The van der Waals surface area contributed by atoms with Gasteiger partial charge in [0.25, 0.3) is 0 Å². The lowest BCUT2D eigenvalue weighted by atomic mass is 10.1. The number of hydrogen-bond acceptors (Lipinski definition) is 4. The highest BCUT2D eigenvalue weighted by molar-refractivity contribution is 6.03. The fourth-order valence-corrected chi connectivity index (χ4v) is 3.41. The van der Waals surface area contributed by atoms with Gasteiger partial charge in [0, 0.05) is 17.1 Å². The zero-order valence-corrected chi connectivity index (χ0v) is 16.2. The molecule has 2 heterocycles. The van der Waals surface area contributed by atoms with Crippen LogP contribution >= 0.6 is 0 Å². The maximum atomic E-state index is 12.3. The minimum atomic E-state index is -0.240. The molecule has 0 bridgehead atoms. The van der Waals surface area contributed by atoms with Crippen LogP contribution in [0.5, 0.6) is 0 Å². The van der Waals surface area contributed by atoms with E-state index in [0.29, 0.717) is 17.0 Å². The van der Waals surface area contributed by atoms with Crippen molar-refractivity contribution in [2.75, 3.05) is 5.32 Å². The van der Waals surface area contributed by atoms with E-state index in [1.165, 1.54) is 6.08 Å². The van der Waals surface area contributed by atoms with Gasteiger partial charge in [0.2, 0.25) is 5.91 Å². The molecule has 0 spiro atoms. The van der Waals surface area contributed by atoms with E-state index in [-0.39, 0.29) is 5.91 Å². The number of nitrogens with zero attached hydrogens (tertiary/aromatic N) is 3. The molecule has 2 aromatic heterocycles. The Balaban J connectivity index is 1.48. The summed E-state index contributed by atoms with van der Waals surface area (Å²) in [4.78, 5) is 13.9. The quantitative estimate of drug-likeness (QED) is 0.429. The normalized spacial score (nSPS) is 11.5. The van der Waals surface area contributed by atoms with E-state index in [2.05, 4.69) is 33.7 Å². The number of furan rings is 1. The predicted octanol–water partition coefficient (Wildman–Crippen LogP) is 5.13. The molecule has 6 heteroatoms. The van der Waals surface area contributed by atoms with Crippen LogP contribution in [0.2, 0.25) is 0 Å². The zero-order valence-electron chi connectivity index (χ0n) is 16.2. The molecule has 0 aliphatic rings. The van der Waals surface area contributed by atoms with Crippen molar-refractivity contribution in [3.05, 3.63) is 90.4 Å². The summed E-state index contributed by atoms with van der Waals surface area (Å²) in [6.07, 6.45) is 4.63. The summed E-state index contributed by atoms with van der Waals surface area (Å²) in [5.74, 6) is 0.380. The lowest BCUT2D eigenvalue weighted by molar-refractivity contribution is -0.111. The topological polar surface area (TPSA) is 73.0 Å². The fraction of sp³-hybridized carbons (Fsp3) is 0.0417. The molecule has 146 valence electrons. The van der Waals surface area contributed by atoms with E-state index < -0.39 is 0 Å². The number of nitrogens with one attached hydrogen (secondary N) is 1. The molecule has 0 fully saturated rings. The van der Waals surface area contributed by atoms with Crippen molar-refractivity contribution < 1.29 is 9.21 Å².